The van der Waals surface area contributed by atoms with Crippen LogP contribution in [0.25, 0.3) is 0 Å². The fraction of sp³-hybridized carbons (Fsp3) is 1.00. The summed E-state index contributed by atoms with van der Waals surface area (Å²) in [6.45, 7) is 2.20. The van der Waals surface area contributed by atoms with Crippen molar-refractivity contribution in [3.8, 4) is 0 Å². The van der Waals surface area contributed by atoms with Crippen LogP contribution in [-0.4, -0.2) is 27.3 Å². The first kappa shape index (κ1) is 25.8. The quantitative estimate of drug-likeness (QED) is 0.185. The molecule has 0 heterocycles. The van der Waals surface area contributed by atoms with Crippen LogP contribution in [0.5, 0.6) is 0 Å². The average molecular weight is 761 g/mol. The van der Waals surface area contributed by atoms with E-state index in [-0.39, 0.29) is 32.8 Å². The lowest BCUT2D eigenvalue weighted by Crippen LogP contribution is -2.34. The lowest BCUT2D eigenvalue weighted by Gasteiger charge is -2.40. The minimum atomic E-state index is -0.113. The first-order chi connectivity index (χ1) is 10.0. The van der Waals surface area contributed by atoms with E-state index in [1.807, 2.05) is 0 Å². The zero-order valence-electron chi connectivity index (χ0n) is 11.9. The number of alkyl halides is 9. The van der Waals surface area contributed by atoms with Gasteiger partial charge in [-0.3, -0.25) is 0 Å². The number of hydrogen-bond acceptors (Lipinski definition) is 0. The van der Waals surface area contributed by atoms with E-state index in [1.165, 1.54) is 0 Å². The number of hydrogen-bond donors (Lipinski definition) is 0. The standard InChI is InChI=1S/C13H19Br6Cl3/c1-2-3-13(4-7(14)10(17)20,5-8(15)11(18)21)6-9(16)12(19)22/h7-12H,2-6H2,1H3. The molecule has 0 aromatic rings. The van der Waals surface area contributed by atoms with Crippen molar-refractivity contribution in [1.29, 1.82) is 0 Å². The van der Waals surface area contributed by atoms with Crippen molar-refractivity contribution >= 4 is 130 Å². The van der Waals surface area contributed by atoms with E-state index in [0.717, 1.165) is 32.1 Å². The smallest absolute Gasteiger partial charge is 0.101 e. The molecule has 0 aromatic heterocycles. The second-order valence-corrected chi connectivity index (χ2v) is 14.9. The van der Waals surface area contributed by atoms with E-state index in [9.17, 15) is 0 Å². The Morgan fingerprint density at radius 3 is 1.14 bits per heavy atom. The van der Waals surface area contributed by atoms with Crippen molar-refractivity contribution in [1.82, 2.24) is 0 Å². The molecule has 0 fully saturated rings. The van der Waals surface area contributed by atoms with Gasteiger partial charge in [0.05, 0.1) is 0 Å². The van der Waals surface area contributed by atoms with Gasteiger partial charge in [0.2, 0.25) is 0 Å². The summed E-state index contributed by atoms with van der Waals surface area (Å²) in [5.74, 6) is 0. The minimum absolute atomic E-state index is 0.0774. The molecule has 6 unspecified atom stereocenters. The van der Waals surface area contributed by atoms with Crippen molar-refractivity contribution in [2.45, 2.75) is 66.4 Å². The molecule has 0 radical (unpaired) electrons. The van der Waals surface area contributed by atoms with Gasteiger partial charge in [-0.15, -0.1) is 34.8 Å². The van der Waals surface area contributed by atoms with Gasteiger partial charge in [0.1, 0.15) is 12.9 Å². The highest BCUT2D eigenvalue weighted by atomic mass is 79.9. The Labute approximate surface area is 199 Å². The van der Waals surface area contributed by atoms with Gasteiger partial charge in [0.25, 0.3) is 0 Å². The van der Waals surface area contributed by atoms with E-state index in [2.05, 4.69) is 103 Å². The first-order valence-electron chi connectivity index (χ1n) is 6.81. The maximum atomic E-state index is 6.21. The van der Waals surface area contributed by atoms with Gasteiger partial charge < -0.3 is 0 Å². The second-order valence-electron chi connectivity index (χ2n) is 5.41. The van der Waals surface area contributed by atoms with Crippen LogP contribution in [0.1, 0.15) is 39.0 Å². The highest BCUT2D eigenvalue weighted by molar-refractivity contribution is 9.13. The highest BCUT2D eigenvalue weighted by Crippen LogP contribution is 2.47. The van der Waals surface area contributed by atoms with Crippen molar-refractivity contribution in [2.75, 3.05) is 0 Å². The SMILES string of the molecule is CCCC(CC(Br)C(Cl)Br)(CC(Br)C(Cl)Br)CC(Br)C(Cl)Br. The molecular formula is C13H19Br6Cl3. The minimum Gasteiger partial charge on any atom is -0.109 e. The van der Waals surface area contributed by atoms with Crippen molar-refractivity contribution in [2.24, 2.45) is 5.41 Å². The summed E-state index contributed by atoms with van der Waals surface area (Å²) < 4.78 is -0.339. The molecule has 6 atom stereocenters. The Balaban J connectivity index is 5.32. The van der Waals surface area contributed by atoms with Crippen LogP contribution in [0.15, 0.2) is 0 Å². The van der Waals surface area contributed by atoms with E-state index in [0.29, 0.717) is 0 Å². The van der Waals surface area contributed by atoms with E-state index in [1.54, 1.807) is 0 Å². The lowest BCUT2D eigenvalue weighted by atomic mass is 9.72. The zero-order chi connectivity index (χ0) is 17.5. The summed E-state index contributed by atoms with van der Waals surface area (Å²) in [4.78, 5) is 0.523. The fourth-order valence-electron chi connectivity index (χ4n) is 2.59. The highest BCUT2D eigenvalue weighted by Gasteiger charge is 2.38. The fourth-order valence-corrected chi connectivity index (χ4v) is 5.48. The van der Waals surface area contributed by atoms with Crippen molar-refractivity contribution < 1.29 is 0 Å². The monoisotopic (exact) mass is 754 g/mol. The van der Waals surface area contributed by atoms with Crippen LogP contribution in [0, 0.1) is 5.41 Å². The third-order valence-corrected chi connectivity index (χ3v) is 11.9. The largest absolute Gasteiger partial charge is 0.109 e. The zero-order valence-corrected chi connectivity index (χ0v) is 23.7. The average Bonchev–Trinajstić information content (AvgIpc) is 2.38. The maximum Gasteiger partial charge on any atom is 0.101 e. The van der Waals surface area contributed by atoms with E-state index >= 15 is 0 Å². The molecule has 0 N–H and O–H groups in total. The molecule has 0 aliphatic heterocycles. The van der Waals surface area contributed by atoms with Gasteiger partial charge in [-0.25, -0.2) is 0 Å². The Morgan fingerprint density at radius 2 is 0.955 bits per heavy atom. The topological polar surface area (TPSA) is 0 Å². The summed E-state index contributed by atoms with van der Waals surface area (Å²) >= 11 is 40.1. The normalized spacial score (nSPS) is 23.2. The molecule has 0 saturated heterocycles. The van der Waals surface area contributed by atoms with Gasteiger partial charge in [0.15, 0.2) is 0 Å². The number of rotatable bonds is 11. The van der Waals surface area contributed by atoms with Gasteiger partial charge in [-0.2, -0.15) is 0 Å². The van der Waals surface area contributed by atoms with E-state index < -0.39 is 0 Å². The van der Waals surface area contributed by atoms with Crippen LogP contribution in [-0.2, 0) is 0 Å². The molecule has 0 amide bonds. The van der Waals surface area contributed by atoms with Crippen LogP contribution in [0.3, 0.4) is 0 Å². The molecule has 0 saturated carbocycles. The molecule has 0 bridgehead atoms. The Hall–Kier alpha value is 3.75. The second kappa shape index (κ2) is 13.0. The van der Waals surface area contributed by atoms with Crippen LogP contribution < -0.4 is 0 Å². The molecule has 22 heavy (non-hydrogen) atoms. The van der Waals surface area contributed by atoms with Crippen LogP contribution in [0.4, 0.5) is 0 Å². The third-order valence-electron chi connectivity index (χ3n) is 3.48. The molecule has 0 spiro atoms. The predicted octanol–water partition coefficient (Wildman–Crippen LogP) is 9.11. The van der Waals surface area contributed by atoms with Crippen LogP contribution >= 0.6 is 130 Å². The van der Waals surface area contributed by atoms with Gasteiger partial charge in [-0.05, 0) is 31.1 Å². The summed E-state index contributed by atoms with van der Waals surface area (Å²) in [5.41, 5.74) is 0.0774. The lowest BCUT2D eigenvalue weighted by molar-refractivity contribution is 0.200. The van der Waals surface area contributed by atoms with Crippen molar-refractivity contribution in [3.05, 3.63) is 0 Å². The predicted molar refractivity (Wildman–Crippen MR) is 125 cm³/mol. The Bertz CT molecular complexity index is 263. The number of halogens is 9. The molecule has 0 aliphatic rings. The molecule has 0 rings (SSSR count). The molecule has 134 valence electrons. The van der Waals surface area contributed by atoms with E-state index in [4.69, 9.17) is 34.8 Å². The molecule has 0 nitrogen and oxygen atoms in total. The molecule has 0 aliphatic carbocycles. The van der Waals surface area contributed by atoms with Gasteiger partial charge in [0, 0.05) is 14.5 Å². The molecule has 0 aromatic carbocycles. The Kier molecular flexibility index (Phi) is 15.2. The Morgan fingerprint density at radius 1 is 0.682 bits per heavy atom. The summed E-state index contributed by atoms with van der Waals surface area (Å²) in [6.07, 6.45) is 5.01. The summed E-state index contributed by atoms with van der Waals surface area (Å²) in [6, 6.07) is 0. The maximum absolute atomic E-state index is 6.21. The van der Waals surface area contributed by atoms with Gasteiger partial charge in [-0.1, -0.05) is 109 Å². The molecular weight excluding hydrogens is 742 g/mol. The summed E-state index contributed by atoms with van der Waals surface area (Å²) in [5, 5.41) is 0. The van der Waals surface area contributed by atoms with Crippen molar-refractivity contribution in [3.63, 3.8) is 0 Å². The van der Waals surface area contributed by atoms with Gasteiger partial charge >= 0.3 is 0 Å². The molecule has 9 heteroatoms. The first-order valence-corrected chi connectivity index (χ1v) is 13.6. The van der Waals surface area contributed by atoms with Crippen LogP contribution in [0.2, 0.25) is 0 Å². The third kappa shape index (κ3) is 10.2. The summed E-state index contributed by atoms with van der Waals surface area (Å²) in [7, 11) is 0.